The molecule has 0 N–H and O–H groups in total. The van der Waals surface area contributed by atoms with Crippen molar-refractivity contribution in [2.75, 3.05) is 14.2 Å². The first-order chi connectivity index (χ1) is 14.8. The number of ether oxygens (including phenoxy) is 2. The van der Waals surface area contributed by atoms with Crippen molar-refractivity contribution in [1.82, 2.24) is 4.68 Å². The number of thiazole rings is 1. The van der Waals surface area contributed by atoms with Crippen LogP contribution in [0.2, 0.25) is 0 Å². The molecule has 0 bridgehead atoms. The number of rotatable bonds is 6. The monoisotopic (exact) mass is 415 g/mol. The van der Waals surface area contributed by atoms with Gasteiger partial charge in [-0.15, -0.1) is 11.3 Å². The smallest absolute Gasteiger partial charge is 0.211 e. The Bertz CT molecular complexity index is 1210. The van der Waals surface area contributed by atoms with Gasteiger partial charge >= 0.3 is 0 Å². The van der Waals surface area contributed by atoms with Gasteiger partial charge in [0.25, 0.3) is 0 Å². The molecular weight excluding hydrogens is 394 g/mol. The van der Waals surface area contributed by atoms with E-state index in [0.29, 0.717) is 11.5 Å². The van der Waals surface area contributed by atoms with Crippen LogP contribution < -0.4 is 14.3 Å². The Balaban J connectivity index is 1.85. The molecule has 6 heteroatoms. The zero-order valence-corrected chi connectivity index (χ0v) is 17.5. The molecule has 150 valence electrons. The standard InChI is InChI=1S/C24H21N3O2S/c1-28-22-14-13-19(15-23(22)29-2)21-17-30-24(26-20-11-7-4-8-12-20)27(21)25-16-18-9-5-3-6-10-18/h3-17H,1-2H3/b25-16-,26-24?. The highest BCUT2D eigenvalue weighted by atomic mass is 32.1. The summed E-state index contributed by atoms with van der Waals surface area (Å²) in [4.78, 5) is 5.56. The second-order valence-electron chi connectivity index (χ2n) is 6.39. The molecule has 0 amide bonds. The van der Waals surface area contributed by atoms with Gasteiger partial charge in [-0.05, 0) is 35.9 Å². The summed E-state index contributed by atoms with van der Waals surface area (Å²) in [6.07, 6.45) is 1.83. The number of hydrogen-bond acceptors (Lipinski definition) is 5. The number of para-hydroxylation sites is 1. The molecule has 0 unspecified atom stereocenters. The molecule has 0 saturated carbocycles. The van der Waals surface area contributed by atoms with Crippen molar-refractivity contribution in [1.29, 1.82) is 0 Å². The fourth-order valence-corrected chi connectivity index (χ4v) is 3.82. The van der Waals surface area contributed by atoms with Crippen LogP contribution in [0.15, 0.2) is 94.3 Å². The van der Waals surface area contributed by atoms with Gasteiger partial charge in [-0.25, -0.2) is 9.67 Å². The molecule has 4 rings (SSSR count). The minimum atomic E-state index is 0.668. The Morgan fingerprint density at radius 3 is 2.23 bits per heavy atom. The third-order valence-electron chi connectivity index (χ3n) is 4.47. The summed E-state index contributed by atoms with van der Waals surface area (Å²) >= 11 is 1.53. The minimum Gasteiger partial charge on any atom is -0.493 e. The Morgan fingerprint density at radius 2 is 1.53 bits per heavy atom. The SMILES string of the molecule is COc1ccc(-c2csc(=Nc3ccccc3)n2/N=C\c2ccccc2)cc1OC. The molecule has 1 heterocycles. The molecule has 0 saturated heterocycles. The van der Waals surface area contributed by atoms with E-state index in [1.54, 1.807) is 14.2 Å². The van der Waals surface area contributed by atoms with Crippen molar-refractivity contribution >= 4 is 23.2 Å². The summed E-state index contributed by atoms with van der Waals surface area (Å²) in [6.45, 7) is 0. The van der Waals surface area contributed by atoms with Gasteiger partial charge in [0.05, 0.1) is 31.8 Å². The molecule has 30 heavy (non-hydrogen) atoms. The number of methoxy groups -OCH3 is 2. The van der Waals surface area contributed by atoms with Gasteiger partial charge in [-0.3, -0.25) is 0 Å². The zero-order chi connectivity index (χ0) is 20.8. The molecule has 1 aromatic heterocycles. The fourth-order valence-electron chi connectivity index (χ4n) is 2.96. The van der Waals surface area contributed by atoms with Crippen LogP contribution in [-0.4, -0.2) is 25.1 Å². The quantitative estimate of drug-likeness (QED) is 0.399. The number of nitrogens with zero attached hydrogens (tertiary/aromatic N) is 3. The van der Waals surface area contributed by atoms with Crippen LogP contribution in [0, 0.1) is 0 Å². The van der Waals surface area contributed by atoms with Crippen LogP contribution in [0.1, 0.15) is 5.56 Å². The highest BCUT2D eigenvalue weighted by Crippen LogP contribution is 2.32. The van der Waals surface area contributed by atoms with Crippen molar-refractivity contribution < 1.29 is 9.47 Å². The number of benzene rings is 3. The molecule has 0 aliphatic heterocycles. The highest BCUT2D eigenvalue weighted by molar-refractivity contribution is 7.07. The van der Waals surface area contributed by atoms with Gasteiger partial charge in [-0.2, -0.15) is 5.10 Å². The van der Waals surface area contributed by atoms with Crippen molar-refractivity contribution in [3.05, 3.63) is 94.6 Å². The second kappa shape index (κ2) is 9.24. The van der Waals surface area contributed by atoms with Crippen molar-refractivity contribution in [3.8, 4) is 22.8 Å². The van der Waals surface area contributed by atoms with Gasteiger partial charge in [-0.1, -0.05) is 48.5 Å². The fraction of sp³-hybridized carbons (Fsp3) is 0.0833. The van der Waals surface area contributed by atoms with Crippen LogP contribution in [0.5, 0.6) is 11.5 Å². The maximum atomic E-state index is 5.48. The first kappa shape index (κ1) is 19.7. The van der Waals surface area contributed by atoms with E-state index in [0.717, 1.165) is 27.3 Å². The van der Waals surface area contributed by atoms with Gasteiger partial charge in [0.2, 0.25) is 4.80 Å². The van der Waals surface area contributed by atoms with Gasteiger partial charge in [0, 0.05) is 10.9 Å². The molecule has 4 aromatic rings. The van der Waals surface area contributed by atoms with E-state index in [-0.39, 0.29) is 0 Å². The minimum absolute atomic E-state index is 0.668. The van der Waals surface area contributed by atoms with E-state index in [9.17, 15) is 0 Å². The number of hydrogen-bond donors (Lipinski definition) is 0. The average Bonchev–Trinajstić information content (AvgIpc) is 3.20. The van der Waals surface area contributed by atoms with Crippen LogP contribution in [0.4, 0.5) is 5.69 Å². The molecule has 0 aliphatic rings. The molecule has 3 aromatic carbocycles. The maximum absolute atomic E-state index is 5.48. The summed E-state index contributed by atoms with van der Waals surface area (Å²) in [7, 11) is 3.26. The lowest BCUT2D eigenvalue weighted by molar-refractivity contribution is 0.355. The molecule has 0 fully saturated rings. The number of aromatic nitrogens is 1. The van der Waals surface area contributed by atoms with E-state index in [1.165, 1.54) is 11.3 Å². The predicted octanol–water partition coefficient (Wildman–Crippen LogP) is 5.35. The third-order valence-corrected chi connectivity index (χ3v) is 5.28. The van der Waals surface area contributed by atoms with Crippen molar-refractivity contribution in [3.63, 3.8) is 0 Å². The van der Waals surface area contributed by atoms with Crippen LogP contribution in [0.3, 0.4) is 0 Å². The Hall–Kier alpha value is -3.64. The first-order valence-electron chi connectivity index (χ1n) is 9.40. The Labute approximate surface area is 179 Å². The molecule has 0 spiro atoms. The summed E-state index contributed by atoms with van der Waals surface area (Å²) in [5.41, 5.74) is 3.77. The largest absolute Gasteiger partial charge is 0.493 e. The Kier molecular flexibility index (Phi) is 6.06. The van der Waals surface area contributed by atoms with Crippen molar-refractivity contribution in [2.45, 2.75) is 0 Å². The molecule has 5 nitrogen and oxygen atoms in total. The molecule has 0 atom stereocenters. The lowest BCUT2D eigenvalue weighted by Crippen LogP contribution is -2.11. The first-order valence-corrected chi connectivity index (χ1v) is 10.3. The van der Waals surface area contributed by atoms with E-state index < -0.39 is 0 Å². The predicted molar refractivity (Wildman–Crippen MR) is 122 cm³/mol. The second-order valence-corrected chi connectivity index (χ2v) is 7.22. The van der Waals surface area contributed by atoms with Gasteiger partial charge < -0.3 is 9.47 Å². The van der Waals surface area contributed by atoms with Gasteiger partial charge in [0.15, 0.2) is 11.5 Å². The van der Waals surface area contributed by atoms with E-state index in [2.05, 4.69) is 0 Å². The van der Waals surface area contributed by atoms with Crippen LogP contribution >= 0.6 is 11.3 Å². The zero-order valence-electron chi connectivity index (χ0n) is 16.7. The molecule has 0 radical (unpaired) electrons. The van der Waals surface area contributed by atoms with E-state index in [1.807, 2.05) is 95.1 Å². The topological polar surface area (TPSA) is 48.1 Å². The van der Waals surface area contributed by atoms with Crippen LogP contribution in [-0.2, 0) is 0 Å². The van der Waals surface area contributed by atoms with Gasteiger partial charge in [0.1, 0.15) is 0 Å². The van der Waals surface area contributed by atoms with E-state index >= 15 is 0 Å². The lowest BCUT2D eigenvalue weighted by atomic mass is 10.1. The van der Waals surface area contributed by atoms with Crippen LogP contribution in [0.25, 0.3) is 11.3 Å². The average molecular weight is 416 g/mol. The third kappa shape index (κ3) is 4.34. The summed E-state index contributed by atoms with van der Waals surface area (Å²) < 4.78 is 12.7. The molecular formula is C24H21N3O2S. The summed E-state index contributed by atoms with van der Waals surface area (Å²) in [5.74, 6) is 1.35. The summed E-state index contributed by atoms with van der Waals surface area (Å²) in [6, 6.07) is 25.7. The molecule has 0 aliphatic carbocycles. The lowest BCUT2D eigenvalue weighted by Gasteiger charge is -2.10. The maximum Gasteiger partial charge on any atom is 0.211 e. The highest BCUT2D eigenvalue weighted by Gasteiger charge is 2.11. The van der Waals surface area contributed by atoms with Crippen molar-refractivity contribution in [2.24, 2.45) is 10.1 Å². The normalized spacial score (nSPS) is 11.7. The van der Waals surface area contributed by atoms with E-state index in [4.69, 9.17) is 19.6 Å². The Morgan fingerprint density at radius 1 is 0.833 bits per heavy atom. The summed E-state index contributed by atoms with van der Waals surface area (Å²) in [5, 5.41) is 6.79.